The number of benzene rings is 1. The van der Waals surface area contributed by atoms with Gasteiger partial charge in [-0.15, -0.1) is 0 Å². The van der Waals surface area contributed by atoms with Crippen LogP contribution in [0.3, 0.4) is 0 Å². The molecule has 0 saturated carbocycles. The maximum absolute atomic E-state index is 12.1. The first-order valence-corrected chi connectivity index (χ1v) is 5.65. The number of H-pyrrole nitrogens is 1. The zero-order valence-corrected chi connectivity index (χ0v) is 10.3. The molecule has 0 aliphatic heterocycles. The summed E-state index contributed by atoms with van der Waals surface area (Å²) in [7, 11) is 0. The molecule has 0 aliphatic rings. The van der Waals surface area contributed by atoms with Gasteiger partial charge in [-0.25, -0.2) is 0 Å². The van der Waals surface area contributed by atoms with Gasteiger partial charge in [0.25, 0.3) is 5.91 Å². The topological polar surface area (TPSA) is 78.0 Å². The molecule has 0 spiro atoms. The van der Waals surface area contributed by atoms with E-state index in [0.717, 1.165) is 5.69 Å². The Kier molecular flexibility index (Phi) is 3.43. The summed E-state index contributed by atoms with van der Waals surface area (Å²) >= 11 is 0. The highest BCUT2D eigenvalue weighted by Gasteiger charge is 2.16. The number of nitrogens with one attached hydrogen (secondary N) is 2. The van der Waals surface area contributed by atoms with Crippen molar-refractivity contribution in [2.24, 2.45) is 0 Å². The lowest BCUT2D eigenvalue weighted by Gasteiger charge is -2.09. The number of hydrogen-bond acceptors (Lipinski definition) is 3. The highest BCUT2D eigenvalue weighted by molar-refractivity contribution is 6.06. The minimum absolute atomic E-state index is 0.111. The van der Waals surface area contributed by atoms with Crippen molar-refractivity contribution >= 4 is 11.6 Å². The molecule has 18 heavy (non-hydrogen) atoms. The number of aryl methyl sites for hydroxylation is 2. The standard InChI is InChI=1S/C13H15N3O2/c1-8-12(9(2)16-15-8)13(18)14-11-6-4-3-5-10(11)7-17/h3-6,17H,7H2,1-2H3,(H,14,18)(H,15,16). The summed E-state index contributed by atoms with van der Waals surface area (Å²) in [5.74, 6) is -0.223. The molecule has 3 N–H and O–H groups in total. The number of nitrogens with zero attached hydrogens (tertiary/aromatic N) is 1. The maximum Gasteiger partial charge on any atom is 0.259 e. The van der Waals surface area contributed by atoms with Crippen LogP contribution in [0.2, 0.25) is 0 Å². The lowest BCUT2D eigenvalue weighted by atomic mass is 10.1. The van der Waals surface area contributed by atoms with Gasteiger partial charge in [0.1, 0.15) is 0 Å². The summed E-state index contributed by atoms with van der Waals surface area (Å²) in [6.45, 7) is 3.46. The summed E-state index contributed by atoms with van der Waals surface area (Å²) < 4.78 is 0. The van der Waals surface area contributed by atoms with Crippen LogP contribution < -0.4 is 5.32 Å². The number of rotatable bonds is 3. The molecule has 0 atom stereocenters. The van der Waals surface area contributed by atoms with Crippen LogP contribution in [0.25, 0.3) is 0 Å². The fraction of sp³-hybridized carbons (Fsp3) is 0.231. The first-order chi connectivity index (χ1) is 8.63. The molecule has 2 rings (SSSR count). The number of aromatic nitrogens is 2. The highest BCUT2D eigenvalue weighted by atomic mass is 16.3. The summed E-state index contributed by atoms with van der Waals surface area (Å²) in [5, 5.41) is 18.7. The monoisotopic (exact) mass is 245 g/mol. The van der Waals surface area contributed by atoms with Crippen molar-refractivity contribution in [3.05, 3.63) is 46.8 Å². The Balaban J connectivity index is 2.27. The van der Waals surface area contributed by atoms with E-state index in [1.165, 1.54) is 0 Å². The van der Waals surface area contributed by atoms with E-state index < -0.39 is 0 Å². The second-order valence-electron chi connectivity index (χ2n) is 4.08. The van der Waals surface area contributed by atoms with Gasteiger partial charge in [-0.2, -0.15) is 5.10 Å². The average Bonchev–Trinajstić information content (AvgIpc) is 2.69. The number of para-hydroxylation sites is 1. The number of anilines is 1. The number of hydrogen-bond donors (Lipinski definition) is 3. The molecule has 94 valence electrons. The third kappa shape index (κ3) is 2.26. The van der Waals surface area contributed by atoms with Crippen molar-refractivity contribution in [2.45, 2.75) is 20.5 Å². The number of carbonyl (C=O) groups excluding carboxylic acids is 1. The van der Waals surface area contributed by atoms with Crippen LogP contribution in [0, 0.1) is 13.8 Å². The predicted molar refractivity (Wildman–Crippen MR) is 68.4 cm³/mol. The molecule has 0 aliphatic carbocycles. The number of aliphatic hydroxyl groups excluding tert-OH is 1. The van der Waals surface area contributed by atoms with E-state index in [0.29, 0.717) is 22.5 Å². The lowest BCUT2D eigenvalue weighted by molar-refractivity contribution is 0.102. The molecule has 5 nitrogen and oxygen atoms in total. The fourth-order valence-corrected chi connectivity index (χ4v) is 1.85. The van der Waals surface area contributed by atoms with Crippen molar-refractivity contribution in [3.8, 4) is 0 Å². The molecule has 1 amide bonds. The zero-order valence-electron chi connectivity index (χ0n) is 10.3. The Morgan fingerprint density at radius 3 is 2.72 bits per heavy atom. The van der Waals surface area contributed by atoms with E-state index in [2.05, 4.69) is 15.5 Å². The molecular weight excluding hydrogens is 230 g/mol. The van der Waals surface area contributed by atoms with Crippen LogP contribution >= 0.6 is 0 Å². The summed E-state index contributed by atoms with van der Waals surface area (Å²) in [6, 6.07) is 7.15. The first-order valence-electron chi connectivity index (χ1n) is 5.65. The largest absolute Gasteiger partial charge is 0.392 e. The lowest BCUT2D eigenvalue weighted by Crippen LogP contribution is -2.15. The SMILES string of the molecule is Cc1n[nH]c(C)c1C(=O)Nc1ccccc1CO. The van der Waals surface area contributed by atoms with Crippen LogP contribution in [0.4, 0.5) is 5.69 Å². The van der Waals surface area contributed by atoms with Crippen molar-refractivity contribution < 1.29 is 9.90 Å². The zero-order chi connectivity index (χ0) is 13.1. The van der Waals surface area contributed by atoms with Gasteiger partial charge in [0.15, 0.2) is 0 Å². The van der Waals surface area contributed by atoms with Gasteiger partial charge in [-0.1, -0.05) is 18.2 Å². The van der Waals surface area contributed by atoms with Crippen LogP contribution in [-0.2, 0) is 6.61 Å². The molecule has 2 aromatic rings. The maximum atomic E-state index is 12.1. The van der Waals surface area contributed by atoms with Gasteiger partial charge in [0.2, 0.25) is 0 Å². The van der Waals surface area contributed by atoms with Crippen molar-refractivity contribution in [1.82, 2.24) is 10.2 Å². The predicted octanol–water partition coefficient (Wildman–Crippen LogP) is 1.77. The van der Waals surface area contributed by atoms with Gasteiger partial charge in [-0.3, -0.25) is 9.89 Å². The molecule has 0 unspecified atom stereocenters. The Hall–Kier alpha value is -2.14. The minimum atomic E-state index is -0.223. The summed E-state index contributed by atoms with van der Waals surface area (Å²) in [5.41, 5.74) is 3.23. The Bertz CT molecular complexity index is 556. The Morgan fingerprint density at radius 1 is 1.39 bits per heavy atom. The van der Waals surface area contributed by atoms with Crippen molar-refractivity contribution in [3.63, 3.8) is 0 Å². The Morgan fingerprint density at radius 2 is 2.11 bits per heavy atom. The van der Waals surface area contributed by atoms with Crippen LogP contribution in [0.5, 0.6) is 0 Å². The first kappa shape index (κ1) is 12.3. The molecule has 0 saturated heterocycles. The van der Waals surface area contributed by atoms with E-state index in [-0.39, 0.29) is 12.5 Å². The molecule has 5 heteroatoms. The molecule has 0 fully saturated rings. The highest BCUT2D eigenvalue weighted by Crippen LogP contribution is 2.17. The van der Waals surface area contributed by atoms with Gasteiger partial charge in [0, 0.05) is 16.9 Å². The minimum Gasteiger partial charge on any atom is -0.392 e. The molecule has 0 bridgehead atoms. The van der Waals surface area contributed by atoms with E-state index in [1.54, 1.807) is 26.0 Å². The second-order valence-corrected chi connectivity index (χ2v) is 4.08. The third-order valence-corrected chi connectivity index (χ3v) is 2.79. The third-order valence-electron chi connectivity index (χ3n) is 2.79. The molecule has 1 aromatic carbocycles. The summed E-state index contributed by atoms with van der Waals surface area (Å²) in [6.07, 6.45) is 0. The van der Waals surface area contributed by atoms with Crippen LogP contribution in [-0.4, -0.2) is 21.2 Å². The fourth-order valence-electron chi connectivity index (χ4n) is 1.85. The van der Waals surface area contributed by atoms with Gasteiger partial charge >= 0.3 is 0 Å². The van der Waals surface area contributed by atoms with Gasteiger partial charge in [0.05, 0.1) is 17.9 Å². The molecule has 1 aromatic heterocycles. The number of amides is 1. The second kappa shape index (κ2) is 5.01. The van der Waals surface area contributed by atoms with E-state index >= 15 is 0 Å². The summed E-state index contributed by atoms with van der Waals surface area (Å²) in [4.78, 5) is 12.1. The van der Waals surface area contributed by atoms with E-state index in [9.17, 15) is 9.90 Å². The number of aromatic amines is 1. The van der Waals surface area contributed by atoms with E-state index in [4.69, 9.17) is 0 Å². The average molecular weight is 245 g/mol. The van der Waals surface area contributed by atoms with E-state index in [1.807, 2.05) is 12.1 Å². The van der Waals surface area contributed by atoms with Crippen molar-refractivity contribution in [2.75, 3.05) is 5.32 Å². The van der Waals surface area contributed by atoms with Gasteiger partial charge < -0.3 is 10.4 Å². The molecular formula is C13H15N3O2. The van der Waals surface area contributed by atoms with Crippen LogP contribution in [0.1, 0.15) is 27.3 Å². The van der Waals surface area contributed by atoms with Crippen LogP contribution in [0.15, 0.2) is 24.3 Å². The molecule has 1 heterocycles. The van der Waals surface area contributed by atoms with Gasteiger partial charge in [-0.05, 0) is 19.9 Å². The number of aliphatic hydroxyl groups is 1. The smallest absolute Gasteiger partial charge is 0.259 e. The molecule has 0 radical (unpaired) electrons. The Labute approximate surface area is 105 Å². The normalized spacial score (nSPS) is 10.4. The number of carbonyl (C=O) groups is 1. The van der Waals surface area contributed by atoms with Crippen molar-refractivity contribution in [1.29, 1.82) is 0 Å². The quantitative estimate of drug-likeness (QED) is 0.771.